The van der Waals surface area contributed by atoms with Gasteiger partial charge in [0.15, 0.2) is 0 Å². The summed E-state index contributed by atoms with van der Waals surface area (Å²) in [5, 5.41) is 2.19. The van der Waals surface area contributed by atoms with Crippen molar-refractivity contribution in [1.82, 2.24) is 4.90 Å². The average Bonchev–Trinajstić information content (AvgIpc) is 3.07. The number of hydrogen-bond donors (Lipinski definition) is 1. The van der Waals surface area contributed by atoms with Crippen molar-refractivity contribution in [3.63, 3.8) is 0 Å². The molecule has 3 aromatic carbocycles. The van der Waals surface area contributed by atoms with Crippen LogP contribution in [0.3, 0.4) is 0 Å². The second kappa shape index (κ2) is 10.4. The van der Waals surface area contributed by atoms with Crippen molar-refractivity contribution in [2.75, 3.05) is 5.32 Å². The van der Waals surface area contributed by atoms with E-state index in [1.54, 1.807) is 12.1 Å². The number of imide groups is 1. The van der Waals surface area contributed by atoms with Crippen LogP contribution in [0.15, 0.2) is 82.6 Å². The molecule has 1 saturated heterocycles. The molecule has 4 rings (SSSR count). The van der Waals surface area contributed by atoms with E-state index in [-0.39, 0.29) is 33.2 Å². The number of anilines is 1. The molecule has 1 heterocycles. The van der Waals surface area contributed by atoms with Crippen molar-refractivity contribution in [2.24, 2.45) is 0 Å². The lowest BCUT2D eigenvalue weighted by atomic mass is 10.1. The van der Waals surface area contributed by atoms with Crippen LogP contribution >= 0.6 is 11.8 Å². The van der Waals surface area contributed by atoms with Crippen LogP contribution in [0.2, 0.25) is 0 Å². The van der Waals surface area contributed by atoms with Crippen LogP contribution in [0, 0.1) is 6.92 Å². The van der Waals surface area contributed by atoms with Crippen molar-refractivity contribution in [3.05, 3.63) is 94.4 Å². The number of nitrogens with one attached hydrogen (secondary N) is 1. The molecular weight excluding hydrogens is 500 g/mol. The normalized spacial score (nSPS) is 14.8. The minimum atomic E-state index is -4.14. The fourth-order valence-corrected chi connectivity index (χ4v) is 5.25. The zero-order valence-electron chi connectivity index (χ0n) is 19.4. The number of carbonyl (C=O) groups excluding carboxylic acids is 3. The maximum atomic E-state index is 12.9. The summed E-state index contributed by atoms with van der Waals surface area (Å²) in [6.45, 7) is 3.45. The summed E-state index contributed by atoms with van der Waals surface area (Å²) >= 11 is 0.833. The molecule has 1 N–H and O–H groups in total. The summed E-state index contributed by atoms with van der Waals surface area (Å²) in [6, 6.07) is 19.3. The molecule has 184 valence electrons. The Morgan fingerprint density at radius 1 is 1.03 bits per heavy atom. The first-order valence-corrected chi connectivity index (χ1v) is 13.1. The molecule has 1 fully saturated rings. The summed E-state index contributed by atoms with van der Waals surface area (Å²) in [7, 11) is -4.14. The van der Waals surface area contributed by atoms with Crippen LogP contribution in [-0.4, -0.2) is 30.4 Å². The van der Waals surface area contributed by atoms with Crippen molar-refractivity contribution in [3.8, 4) is 5.75 Å². The summed E-state index contributed by atoms with van der Waals surface area (Å²) in [5.41, 5.74) is 2.83. The van der Waals surface area contributed by atoms with Gasteiger partial charge in [-0.25, -0.2) is 0 Å². The Bertz CT molecular complexity index is 1480. The van der Waals surface area contributed by atoms with E-state index in [4.69, 9.17) is 4.18 Å². The van der Waals surface area contributed by atoms with Crippen molar-refractivity contribution in [2.45, 2.75) is 25.3 Å². The van der Waals surface area contributed by atoms with E-state index in [2.05, 4.69) is 5.32 Å². The SMILES string of the molecule is CC(=O)Nc1ccc(S(=O)(=O)Oc2cccc(/C=C3\SC(=O)N(Cc4ccccc4C)C3=O)c2)cc1. The van der Waals surface area contributed by atoms with E-state index >= 15 is 0 Å². The second-order valence-corrected chi connectivity index (χ2v) is 10.5. The van der Waals surface area contributed by atoms with E-state index in [9.17, 15) is 22.8 Å². The van der Waals surface area contributed by atoms with Gasteiger partial charge < -0.3 is 9.50 Å². The third-order valence-corrected chi connectivity index (χ3v) is 7.46. The Balaban J connectivity index is 1.50. The maximum absolute atomic E-state index is 12.9. The molecule has 0 aliphatic carbocycles. The molecular formula is C26H22N2O6S2. The van der Waals surface area contributed by atoms with Gasteiger partial charge in [0.2, 0.25) is 5.91 Å². The first-order chi connectivity index (χ1) is 17.1. The van der Waals surface area contributed by atoms with E-state index in [1.165, 1.54) is 54.3 Å². The number of aryl methyl sites for hydroxylation is 1. The molecule has 3 amide bonds. The third-order valence-electron chi connectivity index (χ3n) is 5.29. The highest BCUT2D eigenvalue weighted by Gasteiger charge is 2.35. The van der Waals surface area contributed by atoms with E-state index in [1.807, 2.05) is 31.2 Å². The Morgan fingerprint density at radius 3 is 2.44 bits per heavy atom. The predicted molar refractivity (Wildman–Crippen MR) is 138 cm³/mol. The largest absolute Gasteiger partial charge is 0.379 e. The number of carbonyl (C=O) groups is 3. The quantitative estimate of drug-likeness (QED) is 0.345. The lowest BCUT2D eigenvalue weighted by Crippen LogP contribution is -2.27. The molecule has 0 spiro atoms. The Labute approximate surface area is 213 Å². The maximum Gasteiger partial charge on any atom is 0.339 e. The zero-order chi connectivity index (χ0) is 25.9. The fraction of sp³-hybridized carbons (Fsp3) is 0.115. The molecule has 3 aromatic rings. The summed E-state index contributed by atoms with van der Waals surface area (Å²) < 4.78 is 30.7. The number of benzene rings is 3. The molecule has 8 nitrogen and oxygen atoms in total. The number of thioether (sulfide) groups is 1. The van der Waals surface area contributed by atoms with Gasteiger partial charge in [-0.05, 0) is 77.9 Å². The number of amides is 3. The Kier molecular flexibility index (Phi) is 7.27. The van der Waals surface area contributed by atoms with E-state index in [0.29, 0.717) is 11.3 Å². The second-order valence-electron chi connectivity index (χ2n) is 8.01. The van der Waals surface area contributed by atoms with Crippen LogP contribution in [0.5, 0.6) is 5.75 Å². The molecule has 10 heteroatoms. The Morgan fingerprint density at radius 2 is 1.75 bits per heavy atom. The zero-order valence-corrected chi connectivity index (χ0v) is 21.1. The van der Waals surface area contributed by atoms with Crippen molar-refractivity contribution < 1.29 is 27.0 Å². The minimum absolute atomic E-state index is 0.0498. The highest BCUT2D eigenvalue weighted by atomic mass is 32.2. The van der Waals surface area contributed by atoms with E-state index in [0.717, 1.165) is 22.9 Å². The van der Waals surface area contributed by atoms with Crippen LogP contribution in [0.1, 0.15) is 23.6 Å². The van der Waals surface area contributed by atoms with Gasteiger partial charge in [0.1, 0.15) is 10.6 Å². The van der Waals surface area contributed by atoms with Gasteiger partial charge in [-0.2, -0.15) is 8.42 Å². The van der Waals surface area contributed by atoms with Gasteiger partial charge in [-0.15, -0.1) is 0 Å². The number of nitrogens with zero attached hydrogens (tertiary/aromatic N) is 1. The van der Waals surface area contributed by atoms with Crippen LogP contribution < -0.4 is 9.50 Å². The Hall–Kier alpha value is -3.89. The highest BCUT2D eigenvalue weighted by Crippen LogP contribution is 2.34. The number of hydrogen-bond acceptors (Lipinski definition) is 7. The lowest BCUT2D eigenvalue weighted by Gasteiger charge is -2.14. The smallest absolute Gasteiger partial charge is 0.339 e. The molecule has 0 bridgehead atoms. The van der Waals surface area contributed by atoms with E-state index < -0.39 is 16.0 Å². The van der Waals surface area contributed by atoms with Gasteiger partial charge in [0.25, 0.3) is 11.1 Å². The topological polar surface area (TPSA) is 110 Å². The first kappa shape index (κ1) is 25.2. The third kappa shape index (κ3) is 5.84. The summed E-state index contributed by atoms with van der Waals surface area (Å²) in [6.07, 6.45) is 1.53. The predicted octanol–water partition coefficient (Wildman–Crippen LogP) is 4.96. The highest BCUT2D eigenvalue weighted by molar-refractivity contribution is 8.18. The molecule has 0 unspecified atom stereocenters. The van der Waals surface area contributed by atoms with Crippen molar-refractivity contribution >= 4 is 50.7 Å². The van der Waals surface area contributed by atoms with Crippen molar-refractivity contribution in [1.29, 1.82) is 0 Å². The number of rotatable bonds is 7. The molecule has 1 aliphatic rings. The van der Waals surface area contributed by atoms with Gasteiger partial charge in [0, 0.05) is 12.6 Å². The molecule has 0 aromatic heterocycles. The lowest BCUT2D eigenvalue weighted by molar-refractivity contribution is -0.123. The summed E-state index contributed by atoms with van der Waals surface area (Å²) in [4.78, 5) is 37.9. The van der Waals surface area contributed by atoms with Crippen LogP contribution in [0.25, 0.3) is 6.08 Å². The van der Waals surface area contributed by atoms with Crippen LogP contribution in [-0.2, 0) is 26.3 Å². The van der Waals surface area contributed by atoms with Gasteiger partial charge in [0.05, 0.1) is 11.4 Å². The summed E-state index contributed by atoms with van der Waals surface area (Å²) in [5.74, 6) is -0.632. The standard InChI is InChI=1S/C26H22N2O6S2/c1-17-6-3-4-8-20(17)16-28-25(30)24(35-26(28)31)15-19-7-5-9-22(14-19)34-36(32,33)23-12-10-21(11-13-23)27-18(2)29/h3-15H,16H2,1-2H3,(H,27,29)/b24-15-. The fourth-order valence-electron chi connectivity index (χ4n) is 3.48. The monoisotopic (exact) mass is 522 g/mol. The van der Waals surface area contributed by atoms with Crippen LogP contribution in [0.4, 0.5) is 10.5 Å². The first-order valence-electron chi connectivity index (χ1n) is 10.8. The molecule has 1 aliphatic heterocycles. The van der Waals surface area contributed by atoms with Gasteiger partial charge >= 0.3 is 10.1 Å². The molecule has 0 atom stereocenters. The molecule has 36 heavy (non-hydrogen) atoms. The minimum Gasteiger partial charge on any atom is -0.379 e. The average molecular weight is 523 g/mol. The van der Waals surface area contributed by atoms with Gasteiger partial charge in [-0.1, -0.05) is 36.4 Å². The molecule has 0 radical (unpaired) electrons. The molecule has 0 saturated carbocycles. The van der Waals surface area contributed by atoms with Gasteiger partial charge in [-0.3, -0.25) is 19.3 Å².